The largest absolute Gasteiger partial charge is 0.352 e. The number of pyridine rings is 1. The minimum absolute atomic E-state index is 0.238. The van der Waals surface area contributed by atoms with E-state index in [1.807, 2.05) is 6.92 Å². The molecule has 23 heavy (non-hydrogen) atoms. The average molecular weight is 332 g/mol. The van der Waals surface area contributed by atoms with Crippen molar-refractivity contribution >= 4 is 29.1 Å². The maximum absolute atomic E-state index is 12.3. The number of carbonyl (C=O) groups excluding carboxylic acids is 2. The number of hydrogen-bond acceptors (Lipinski definition) is 3. The van der Waals surface area contributed by atoms with E-state index in [1.165, 1.54) is 18.5 Å². The summed E-state index contributed by atoms with van der Waals surface area (Å²) < 4.78 is 0. The van der Waals surface area contributed by atoms with Gasteiger partial charge in [0.15, 0.2) is 0 Å². The first-order valence-electron chi connectivity index (χ1n) is 7.41. The van der Waals surface area contributed by atoms with Crippen molar-refractivity contribution < 1.29 is 9.59 Å². The maximum Gasteiger partial charge on any atom is 0.257 e. The third-order valence-corrected chi connectivity index (χ3v) is 3.53. The second-order valence-electron chi connectivity index (χ2n) is 5.01. The number of aromatic nitrogens is 1. The van der Waals surface area contributed by atoms with Crippen LogP contribution in [-0.4, -0.2) is 23.3 Å². The molecular formula is C17H18ClN3O2. The summed E-state index contributed by atoms with van der Waals surface area (Å²) in [6, 6.07) is 8.46. The van der Waals surface area contributed by atoms with Crippen LogP contribution in [0.2, 0.25) is 5.02 Å². The predicted octanol–water partition coefficient (Wildman–Crippen LogP) is 3.52. The second-order valence-corrected chi connectivity index (χ2v) is 5.41. The summed E-state index contributed by atoms with van der Waals surface area (Å²) in [5.41, 5.74) is 1.16. The Bertz CT molecular complexity index is 704. The number of nitrogens with one attached hydrogen (secondary N) is 2. The Kier molecular flexibility index (Phi) is 6.11. The van der Waals surface area contributed by atoms with Crippen molar-refractivity contribution in [1.82, 2.24) is 10.3 Å². The van der Waals surface area contributed by atoms with Crippen LogP contribution in [0.1, 0.15) is 40.5 Å². The maximum atomic E-state index is 12.3. The summed E-state index contributed by atoms with van der Waals surface area (Å²) in [5.74, 6) is -0.604. The molecule has 2 aromatic rings. The van der Waals surface area contributed by atoms with Gasteiger partial charge in [0.1, 0.15) is 0 Å². The number of rotatable bonds is 6. The van der Waals surface area contributed by atoms with E-state index in [-0.39, 0.29) is 11.8 Å². The van der Waals surface area contributed by atoms with Gasteiger partial charge in [0, 0.05) is 18.9 Å². The van der Waals surface area contributed by atoms with E-state index < -0.39 is 0 Å². The van der Waals surface area contributed by atoms with E-state index in [0.29, 0.717) is 28.4 Å². The molecule has 1 aromatic heterocycles. The predicted molar refractivity (Wildman–Crippen MR) is 90.9 cm³/mol. The highest BCUT2D eigenvalue weighted by Crippen LogP contribution is 2.21. The van der Waals surface area contributed by atoms with Gasteiger partial charge in [-0.1, -0.05) is 37.1 Å². The fraction of sp³-hybridized carbons (Fsp3) is 0.235. The fourth-order valence-corrected chi connectivity index (χ4v) is 2.11. The molecule has 2 rings (SSSR count). The molecule has 2 amide bonds. The number of unbranched alkanes of at least 4 members (excludes halogenated alkanes) is 1. The van der Waals surface area contributed by atoms with Crippen LogP contribution in [-0.2, 0) is 0 Å². The number of halogens is 1. The summed E-state index contributed by atoms with van der Waals surface area (Å²) in [6.07, 6.45) is 4.76. The number of benzene rings is 1. The Morgan fingerprint density at radius 3 is 2.52 bits per heavy atom. The van der Waals surface area contributed by atoms with Crippen LogP contribution in [0.4, 0.5) is 5.69 Å². The summed E-state index contributed by atoms with van der Waals surface area (Å²) in [6.45, 7) is 2.65. The van der Waals surface area contributed by atoms with Gasteiger partial charge >= 0.3 is 0 Å². The Morgan fingerprint density at radius 2 is 1.83 bits per heavy atom. The third kappa shape index (κ3) is 4.79. The molecule has 120 valence electrons. The Hall–Kier alpha value is -2.40. The quantitative estimate of drug-likeness (QED) is 0.796. The molecular weight excluding hydrogens is 314 g/mol. The minimum atomic E-state index is -0.367. The van der Waals surface area contributed by atoms with E-state index >= 15 is 0 Å². The van der Waals surface area contributed by atoms with Crippen molar-refractivity contribution in [2.24, 2.45) is 0 Å². The third-order valence-electron chi connectivity index (χ3n) is 3.20. The van der Waals surface area contributed by atoms with Gasteiger partial charge in [-0.2, -0.15) is 0 Å². The van der Waals surface area contributed by atoms with Gasteiger partial charge in [-0.3, -0.25) is 14.6 Å². The number of nitrogens with zero attached hydrogens (tertiary/aromatic N) is 1. The molecule has 0 atom stereocenters. The van der Waals surface area contributed by atoms with Gasteiger partial charge in [0.2, 0.25) is 0 Å². The number of amides is 2. The van der Waals surface area contributed by atoms with Gasteiger partial charge in [-0.15, -0.1) is 0 Å². The molecule has 0 bridgehead atoms. The molecule has 2 N–H and O–H groups in total. The summed E-state index contributed by atoms with van der Waals surface area (Å²) in [7, 11) is 0. The van der Waals surface area contributed by atoms with Crippen molar-refractivity contribution in [2.45, 2.75) is 19.8 Å². The van der Waals surface area contributed by atoms with Crippen molar-refractivity contribution in [1.29, 1.82) is 0 Å². The standard InChI is InChI=1S/C17H18ClN3O2/c1-2-3-8-20-16(22)12-9-13(11-19-10-12)17(23)21-15-7-5-4-6-14(15)18/h4-7,9-11H,2-3,8H2,1H3,(H,20,22)(H,21,23). The van der Waals surface area contributed by atoms with Crippen LogP contribution in [0.5, 0.6) is 0 Å². The highest BCUT2D eigenvalue weighted by Gasteiger charge is 2.12. The molecule has 6 heteroatoms. The monoisotopic (exact) mass is 331 g/mol. The van der Waals surface area contributed by atoms with Crippen molar-refractivity contribution in [3.8, 4) is 0 Å². The van der Waals surface area contributed by atoms with E-state index in [2.05, 4.69) is 15.6 Å². The molecule has 0 radical (unpaired) electrons. The van der Waals surface area contributed by atoms with Gasteiger partial charge in [0.05, 0.1) is 21.8 Å². The van der Waals surface area contributed by atoms with Crippen molar-refractivity contribution in [3.63, 3.8) is 0 Å². The molecule has 1 heterocycles. The van der Waals surface area contributed by atoms with Crippen molar-refractivity contribution in [3.05, 3.63) is 58.9 Å². The molecule has 0 spiro atoms. The number of carbonyl (C=O) groups is 2. The lowest BCUT2D eigenvalue weighted by atomic mass is 10.1. The zero-order valence-electron chi connectivity index (χ0n) is 12.8. The normalized spacial score (nSPS) is 10.2. The van der Waals surface area contributed by atoms with E-state index in [0.717, 1.165) is 12.8 Å². The molecule has 0 saturated carbocycles. The molecule has 0 aliphatic carbocycles. The Labute approximate surface area is 140 Å². The van der Waals surface area contributed by atoms with Crippen LogP contribution in [0, 0.1) is 0 Å². The Balaban J connectivity index is 2.08. The van der Waals surface area contributed by atoms with Gasteiger partial charge in [-0.05, 0) is 24.6 Å². The summed E-state index contributed by atoms with van der Waals surface area (Å²) >= 11 is 6.01. The van der Waals surface area contributed by atoms with Crippen LogP contribution in [0.3, 0.4) is 0 Å². The number of para-hydroxylation sites is 1. The summed E-state index contributed by atoms with van der Waals surface area (Å²) in [4.78, 5) is 28.2. The molecule has 0 aliphatic rings. The molecule has 5 nitrogen and oxygen atoms in total. The molecule has 0 aliphatic heterocycles. The highest BCUT2D eigenvalue weighted by atomic mass is 35.5. The lowest BCUT2D eigenvalue weighted by Crippen LogP contribution is -2.25. The zero-order valence-corrected chi connectivity index (χ0v) is 13.6. The van der Waals surface area contributed by atoms with Crippen LogP contribution < -0.4 is 10.6 Å². The molecule has 0 unspecified atom stereocenters. The minimum Gasteiger partial charge on any atom is -0.352 e. The SMILES string of the molecule is CCCCNC(=O)c1cncc(C(=O)Nc2ccccc2Cl)c1. The highest BCUT2D eigenvalue weighted by molar-refractivity contribution is 6.33. The van der Waals surface area contributed by atoms with E-state index in [1.54, 1.807) is 24.3 Å². The second kappa shape index (κ2) is 8.29. The van der Waals surface area contributed by atoms with Crippen molar-refractivity contribution in [2.75, 3.05) is 11.9 Å². The first kappa shape index (κ1) is 17.0. The zero-order chi connectivity index (χ0) is 16.7. The average Bonchev–Trinajstić information content (AvgIpc) is 2.57. The van der Waals surface area contributed by atoms with Crippen LogP contribution >= 0.6 is 11.6 Å². The summed E-state index contributed by atoms with van der Waals surface area (Å²) in [5, 5.41) is 5.94. The van der Waals surface area contributed by atoms with E-state index in [9.17, 15) is 9.59 Å². The first-order chi connectivity index (χ1) is 11.1. The topological polar surface area (TPSA) is 71.1 Å². The van der Waals surface area contributed by atoms with Gasteiger partial charge < -0.3 is 10.6 Å². The van der Waals surface area contributed by atoms with Gasteiger partial charge in [0.25, 0.3) is 11.8 Å². The smallest absolute Gasteiger partial charge is 0.257 e. The lowest BCUT2D eigenvalue weighted by Gasteiger charge is -2.08. The first-order valence-corrected chi connectivity index (χ1v) is 7.78. The van der Waals surface area contributed by atoms with Gasteiger partial charge in [-0.25, -0.2) is 0 Å². The number of hydrogen-bond donors (Lipinski definition) is 2. The molecule has 0 saturated heterocycles. The van der Waals surface area contributed by atoms with Crippen LogP contribution in [0.15, 0.2) is 42.7 Å². The molecule has 1 aromatic carbocycles. The van der Waals surface area contributed by atoms with E-state index in [4.69, 9.17) is 11.6 Å². The molecule has 0 fully saturated rings. The lowest BCUT2D eigenvalue weighted by molar-refractivity contribution is 0.0953. The Morgan fingerprint density at radius 1 is 1.13 bits per heavy atom. The van der Waals surface area contributed by atoms with Crippen LogP contribution in [0.25, 0.3) is 0 Å². The fourth-order valence-electron chi connectivity index (χ4n) is 1.93. The number of anilines is 1.